The third-order valence-corrected chi connectivity index (χ3v) is 2.47. The van der Waals surface area contributed by atoms with Crippen LogP contribution in [0.3, 0.4) is 0 Å². The van der Waals surface area contributed by atoms with Crippen molar-refractivity contribution < 1.29 is 22.8 Å². The number of nitrogens with one attached hydrogen (secondary N) is 1. The zero-order valence-corrected chi connectivity index (χ0v) is 10.4. The van der Waals surface area contributed by atoms with Crippen molar-refractivity contribution in [2.24, 2.45) is 5.73 Å². The van der Waals surface area contributed by atoms with Gasteiger partial charge in [0.2, 0.25) is 0 Å². The molecule has 0 bridgehead atoms. The first kappa shape index (κ1) is 15.7. The Labute approximate surface area is 112 Å². The van der Waals surface area contributed by atoms with E-state index in [4.69, 9.17) is 15.9 Å². The number of hydrogen-bond acceptors (Lipinski definition) is 4. The van der Waals surface area contributed by atoms with E-state index in [1.54, 1.807) is 6.92 Å². The summed E-state index contributed by atoms with van der Waals surface area (Å²) in [4.78, 5) is 9.84. The molecule has 0 saturated carbocycles. The van der Waals surface area contributed by atoms with E-state index in [0.717, 1.165) is 6.07 Å². The highest BCUT2D eigenvalue weighted by atomic mass is 19.4. The Hall–Kier alpha value is -2.32. The van der Waals surface area contributed by atoms with Crippen LogP contribution in [-0.2, 0) is 6.18 Å². The maximum atomic E-state index is 12.5. The Morgan fingerprint density at radius 3 is 2.55 bits per heavy atom. The van der Waals surface area contributed by atoms with Crippen molar-refractivity contribution in [3.05, 3.63) is 33.9 Å². The van der Waals surface area contributed by atoms with Gasteiger partial charge in [-0.1, -0.05) is 6.92 Å². The molecule has 110 valence electrons. The number of amidine groups is 1. The van der Waals surface area contributed by atoms with Gasteiger partial charge in [0, 0.05) is 6.07 Å². The van der Waals surface area contributed by atoms with Crippen molar-refractivity contribution >= 4 is 11.5 Å². The third-order valence-electron chi connectivity index (χ3n) is 2.47. The first-order valence-electron chi connectivity index (χ1n) is 5.53. The first-order valence-corrected chi connectivity index (χ1v) is 5.53. The van der Waals surface area contributed by atoms with Gasteiger partial charge in [-0.3, -0.25) is 15.5 Å². The molecule has 1 aromatic carbocycles. The topological polar surface area (TPSA) is 102 Å². The van der Waals surface area contributed by atoms with Crippen molar-refractivity contribution in [1.29, 1.82) is 5.41 Å². The average Bonchev–Trinajstić information content (AvgIpc) is 2.34. The molecule has 20 heavy (non-hydrogen) atoms. The molecule has 0 aromatic heterocycles. The summed E-state index contributed by atoms with van der Waals surface area (Å²) in [6, 6.07) is 1.92. The van der Waals surface area contributed by atoms with Gasteiger partial charge in [0.25, 0.3) is 0 Å². The lowest BCUT2D eigenvalue weighted by molar-refractivity contribution is -0.386. The molecule has 0 saturated heterocycles. The van der Waals surface area contributed by atoms with Crippen LogP contribution < -0.4 is 10.5 Å². The average molecular weight is 291 g/mol. The molecule has 6 nitrogen and oxygen atoms in total. The second-order valence-electron chi connectivity index (χ2n) is 3.91. The Balaban J connectivity index is 3.21. The molecule has 0 spiro atoms. The van der Waals surface area contributed by atoms with E-state index in [-0.39, 0.29) is 18.0 Å². The SMILES string of the molecule is CCC(Oc1ccc(C(F)(F)F)cc1[N+](=O)[O-])C(=N)N. The Morgan fingerprint density at radius 1 is 1.55 bits per heavy atom. The molecular formula is C11H12F3N3O3. The third kappa shape index (κ3) is 3.59. The number of hydrogen-bond donors (Lipinski definition) is 2. The van der Waals surface area contributed by atoms with Gasteiger partial charge in [-0.15, -0.1) is 0 Å². The largest absolute Gasteiger partial charge is 0.475 e. The molecule has 1 unspecified atom stereocenters. The summed E-state index contributed by atoms with van der Waals surface area (Å²) >= 11 is 0. The van der Waals surface area contributed by atoms with Crippen LogP contribution in [0.1, 0.15) is 18.9 Å². The fourth-order valence-electron chi connectivity index (χ4n) is 1.46. The second-order valence-corrected chi connectivity index (χ2v) is 3.91. The van der Waals surface area contributed by atoms with E-state index < -0.39 is 28.5 Å². The molecule has 0 aliphatic heterocycles. The summed E-state index contributed by atoms with van der Waals surface area (Å²) in [5, 5.41) is 18.0. The molecule has 1 rings (SSSR count). The number of nitrogens with two attached hydrogens (primary N) is 1. The van der Waals surface area contributed by atoms with Crippen LogP contribution in [0.5, 0.6) is 5.75 Å². The van der Waals surface area contributed by atoms with Crippen molar-refractivity contribution in [3.8, 4) is 5.75 Å². The predicted octanol–water partition coefficient (Wildman–Crippen LogP) is 2.71. The minimum atomic E-state index is -4.69. The van der Waals surface area contributed by atoms with Crippen LogP contribution in [0.25, 0.3) is 0 Å². The standard InChI is InChI=1S/C11H12F3N3O3/c1-2-8(10(15)16)20-9-4-3-6(11(12,13)14)5-7(9)17(18)19/h3-5,8H,2H2,1H3,(H3,15,16). The highest BCUT2D eigenvalue weighted by Gasteiger charge is 2.33. The maximum Gasteiger partial charge on any atom is 0.416 e. The van der Waals surface area contributed by atoms with Gasteiger partial charge >= 0.3 is 11.9 Å². The fraction of sp³-hybridized carbons (Fsp3) is 0.364. The summed E-state index contributed by atoms with van der Waals surface area (Å²) in [6.45, 7) is 1.63. The number of nitro groups is 1. The monoisotopic (exact) mass is 291 g/mol. The molecule has 0 aliphatic carbocycles. The summed E-state index contributed by atoms with van der Waals surface area (Å²) in [5.41, 5.74) is 3.26. The quantitative estimate of drug-likeness (QED) is 0.377. The van der Waals surface area contributed by atoms with Crippen LogP contribution in [0.4, 0.5) is 18.9 Å². The highest BCUT2D eigenvalue weighted by Crippen LogP contribution is 2.36. The molecular weight excluding hydrogens is 279 g/mol. The van der Waals surface area contributed by atoms with Crippen molar-refractivity contribution in [3.63, 3.8) is 0 Å². The van der Waals surface area contributed by atoms with Crippen molar-refractivity contribution in [2.75, 3.05) is 0 Å². The summed E-state index contributed by atoms with van der Waals surface area (Å²) in [7, 11) is 0. The van der Waals surface area contributed by atoms with Gasteiger partial charge < -0.3 is 10.5 Å². The van der Waals surface area contributed by atoms with E-state index in [1.807, 2.05) is 0 Å². The Kier molecular flexibility index (Phi) is 4.53. The molecule has 0 heterocycles. The molecule has 0 amide bonds. The lowest BCUT2D eigenvalue weighted by Crippen LogP contribution is -2.32. The minimum absolute atomic E-state index is 0.257. The molecule has 1 aromatic rings. The summed E-state index contributed by atoms with van der Waals surface area (Å²) in [6.07, 6.45) is -5.35. The van der Waals surface area contributed by atoms with E-state index in [1.165, 1.54) is 0 Å². The van der Waals surface area contributed by atoms with Gasteiger partial charge in [-0.25, -0.2) is 0 Å². The van der Waals surface area contributed by atoms with E-state index in [9.17, 15) is 23.3 Å². The minimum Gasteiger partial charge on any atom is -0.475 e. The van der Waals surface area contributed by atoms with Crippen LogP contribution in [0.15, 0.2) is 18.2 Å². The number of nitro benzene ring substituents is 1. The van der Waals surface area contributed by atoms with Crippen molar-refractivity contribution in [2.45, 2.75) is 25.6 Å². The number of benzene rings is 1. The first-order chi connectivity index (χ1) is 9.16. The summed E-state index contributed by atoms with van der Waals surface area (Å²) in [5.74, 6) is -0.716. The summed E-state index contributed by atoms with van der Waals surface area (Å²) < 4.78 is 42.6. The number of halogens is 3. The maximum absolute atomic E-state index is 12.5. The lowest BCUT2D eigenvalue weighted by Gasteiger charge is -2.16. The van der Waals surface area contributed by atoms with Crippen LogP contribution in [0, 0.1) is 15.5 Å². The van der Waals surface area contributed by atoms with E-state index in [2.05, 4.69) is 0 Å². The number of alkyl halides is 3. The smallest absolute Gasteiger partial charge is 0.416 e. The van der Waals surface area contributed by atoms with Gasteiger partial charge in [-0.05, 0) is 18.6 Å². The number of nitrogens with zero attached hydrogens (tertiary/aromatic N) is 1. The number of rotatable bonds is 5. The van der Waals surface area contributed by atoms with Crippen molar-refractivity contribution in [1.82, 2.24) is 0 Å². The molecule has 1 atom stereocenters. The van der Waals surface area contributed by atoms with Crippen LogP contribution in [-0.4, -0.2) is 16.9 Å². The molecule has 0 fully saturated rings. The zero-order valence-electron chi connectivity index (χ0n) is 10.4. The highest BCUT2D eigenvalue weighted by molar-refractivity contribution is 5.82. The lowest BCUT2D eigenvalue weighted by atomic mass is 10.1. The van der Waals surface area contributed by atoms with Crippen LogP contribution >= 0.6 is 0 Å². The predicted molar refractivity (Wildman–Crippen MR) is 64.7 cm³/mol. The molecule has 9 heteroatoms. The van der Waals surface area contributed by atoms with E-state index >= 15 is 0 Å². The molecule has 0 radical (unpaired) electrons. The zero-order chi connectivity index (χ0) is 15.5. The Bertz CT molecular complexity index is 531. The van der Waals surface area contributed by atoms with Gasteiger partial charge in [-0.2, -0.15) is 13.2 Å². The number of ether oxygens (including phenoxy) is 1. The van der Waals surface area contributed by atoms with Gasteiger partial charge in [0.15, 0.2) is 11.9 Å². The van der Waals surface area contributed by atoms with Crippen LogP contribution in [0.2, 0.25) is 0 Å². The fourth-order valence-corrected chi connectivity index (χ4v) is 1.46. The normalized spacial score (nSPS) is 12.8. The Morgan fingerprint density at radius 2 is 2.15 bits per heavy atom. The molecule has 3 N–H and O–H groups in total. The second kappa shape index (κ2) is 5.76. The van der Waals surface area contributed by atoms with E-state index in [0.29, 0.717) is 12.1 Å². The molecule has 0 aliphatic rings. The van der Waals surface area contributed by atoms with Gasteiger partial charge in [0.05, 0.1) is 10.5 Å². The van der Waals surface area contributed by atoms with Gasteiger partial charge in [0.1, 0.15) is 5.84 Å².